The number of rotatable bonds is 4. The fraction of sp³-hybridized carbons (Fsp3) is 0.167. The number of phenolic OH excluding ortho intramolecular Hbond substituents is 1. The predicted octanol–water partition coefficient (Wildman–Crippen LogP) is 2.60. The minimum absolute atomic E-state index is 0.0221. The molecule has 2 heterocycles. The molecule has 134 valence electrons. The molecule has 1 aromatic heterocycles. The Morgan fingerprint density at radius 3 is 2.73 bits per heavy atom. The van der Waals surface area contributed by atoms with Crippen molar-refractivity contribution in [2.24, 2.45) is 0 Å². The molecule has 0 bridgehead atoms. The number of ether oxygens (including phenoxy) is 2. The van der Waals surface area contributed by atoms with Gasteiger partial charge in [-0.25, -0.2) is 9.69 Å². The summed E-state index contributed by atoms with van der Waals surface area (Å²) in [6.45, 7) is 0. The van der Waals surface area contributed by atoms with Crippen LogP contribution in [0, 0.1) is 0 Å². The fourth-order valence-electron chi connectivity index (χ4n) is 2.64. The van der Waals surface area contributed by atoms with E-state index in [1.54, 1.807) is 29.7 Å². The van der Waals surface area contributed by atoms with E-state index in [4.69, 9.17) is 9.47 Å². The number of amides is 2. The summed E-state index contributed by atoms with van der Waals surface area (Å²) in [6.07, 6.45) is 1.48. The summed E-state index contributed by atoms with van der Waals surface area (Å²) in [5.74, 6) is -1.28. The van der Waals surface area contributed by atoms with Crippen LogP contribution in [-0.4, -0.2) is 37.1 Å². The molecule has 2 aromatic rings. The largest absolute Gasteiger partial charge is 0.504 e. The summed E-state index contributed by atoms with van der Waals surface area (Å²) in [5, 5.41) is 11.3. The number of esters is 1. The van der Waals surface area contributed by atoms with E-state index >= 15 is 0 Å². The van der Waals surface area contributed by atoms with Crippen LogP contribution in [0.5, 0.6) is 11.5 Å². The Labute approximate surface area is 153 Å². The van der Waals surface area contributed by atoms with Gasteiger partial charge in [0.15, 0.2) is 11.5 Å². The van der Waals surface area contributed by atoms with Gasteiger partial charge in [0.05, 0.1) is 26.3 Å². The van der Waals surface area contributed by atoms with Crippen LogP contribution in [0.3, 0.4) is 0 Å². The van der Waals surface area contributed by atoms with Crippen LogP contribution in [0.2, 0.25) is 0 Å². The van der Waals surface area contributed by atoms with Gasteiger partial charge in [-0.3, -0.25) is 9.59 Å². The third-order valence-electron chi connectivity index (χ3n) is 3.87. The van der Waals surface area contributed by atoms with Crippen LogP contribution in [0.25, 0.3) is 6.08 Å². The Hall–Kier alpha value is -3.13. The maximum atomic E-state index is 12.7. The van der Waals surface area contributed by atoms with E-state index in [0.29, 0.717) is 5.56 Å². The van der Waals surface area contributed by atoms with E-state index in [9.17, 15) is 19.5 Å². The van der Waals surface area contributed by atoms with E-state index in [0.717, 1.165) is 16.2 Å². The van der Waals surface area contributed by atoms with Crippen molar-refractivity contribution in [3.63, 3.8) is 0 Å². The number of benzene rings is 1. The monoisotopic (exact) mass is 373 g/mol. The van der Waals surface area contributed by atoms with Gasteiger partial charge in [-0.2, -0.15) is 0 Å². The molecule has 1 aromatic carbocycles. The maximum Gasteiger partial charge on any atom is 0.350 e. The first-order valence-corrected chi connectivity index (χ1v) is 8.45. The number of aromatic hydroxyl groups is 1. The molecule has 0 unspecified atom stereocenters. The predicted molar refractivity (Wildman–Crippen MR) is 95.4 cm³/mol. The zero-order valence-electron chi connectivity index (χ0n) is 14.0. The van der Waals surface area contributed by atoms with Gasteiger partial charge in [0.25, 0.3) is 5.91 Å². The summed E-state index contributed by atoms with van der Waals surface area (Å²) in [5.41, 5.74) is 1.12. The molecule has 2 amide bonds. The normalized spacial score (nSPS) is 15.6. The Kier molecular flexibility index (Phi) is 4.77. The number of anilines is 1. The maximum absolute atomic E-state index is 12.7. The number of imide groups is 1. The Bertz CT molecular complexity index is 930. The van der Waals surface area contributed by atoms with Gasteiger partial charge in [-0.15, -0.1) is 11.3 Å². The van der Waals surface area contributed by atoms with Crippen LogP contribution in [0.1, 0.15) is 21.7 Å². The molecule has 3 rings (SSSR count). The van der Waals surface area contributed by atoms with Crippen LogP contribution >= 0.6 is 11.3 Å². The third kappa shape index (κ3) is 3.06. The minimum atomic E-state index is -0.601. The number of hydrogen-bond acceptors (Lipinski definition) is 7. The number of hydrogen-bond donors (Lipinski definition) is 1. The van der Waals surface area contributed by atoms with Gasteiger partial charge < -0.3 is 14.6 Å². The highest BCUT2D eigenvalue weighted by molar-refractivity contribution is 7.12. The van der Waals surface area contributed by atoms with Crippen molar-refractivity contribution in [2.45, 2.75) is 6.42 Å². The second kappa shape index (κ2) is 7.01. The molecule has 0 aliphatic carbocycles. The lowest BCUT2D eigenvalue weighted by Gasteiger charge is -2.13. The first kappa shape index (κ1) is 17.7. The van der Waals surface area contributed by atoms with Gasteiger partial charge >= 0.3 is 5.97 Å². The van der Waals surface area contributed by atoms with Crippen LogP contribution < -0.4 is 9.64 Å². The summed E-state index contributed by atoms with van der Waals surface area (Å²) in [7, 11) is 2.66. The second-order valence-electron chi connectivity index (χ2n) is 5.44. The third-order valence-corrected chi connectivity index (χ3v) is 4.75. The Balaban J connectivity index is 1.95. The Morgan fingerprint density at radius 2 is 2.04 bits per heavy atom. The van der Waals surface area contributed by atoms with Crippen molar-refractivity contribution in [1.29, 1.82) is 0 Å². The molecule has 0 radical (unpaired) electrons. The highest BCUT2D eigenvalue weighted by Gasteiger charge is 2.37. The van der Waals surface area contributed by atoms with Crippen LogP contribution in [0.15, 0.2) is 35.2 Å². The number of carbonyl (C=O) groups excluding carboxylic acids is 3. The van der Waals surface area contributed by atoms with E-state index in [1.165, 1.54) is 20.3 Å². The first-order valence-electron chi connectivity index (χ1n) is 7.57. The SMILES string of the molecule is COC(=O)c1sccc1N1C(=O)CC(=Cc2ccc(O)c(OC)c2)C1=O. The lowest BCUT2D eigenvalue weighted by molar-refractivity contribution is -0.120. The van der Waals surface area contributed by atoms with Gasteiger partial charge in [0.2, 0.25) is 5.91 Å². The fourth-order valence-corrected chi connectivity index (χ4v) is 3.43. The minimum Gasteiger partial charge on any atom is -0.504 e. The second-order valence-corrected chi connectivity index (χ2v) is 6.35. The smallest absolute Gasteiger partial charge is 0.350 e. The number of carbonyl (C=O) groups is 3. The van der Waals surface area contributed by atoms with E-state index in [-0.39, 0.29) is 34.1 Å². The van der Waals surface area contributed by atoms with E-state index in [1.807, 2.05) is 0 Å². The molecule has 0 saturated carbocycles. The Morgan fingerprint density at radius 1 is 1.27 bits per heavy atom. The summed E-state index contributed by atoms with van der Waals surface area (Å²) in [4.78, 5) is 38.1. The molecule has 8 heteroatoms. The zero-order chi connectivity index (χ0) is 18.8. The molecule has 7 nitrogen and oxygen atoms in total. The summed E-state index contributed by atoms with van der Waals surface area (Å²) >= 11 is 1.10. The molecular weight excluding hydrogens is 358 g/mol. The van der Waals surface area contributed by atoms with Crippen molar-refractivity contribution in [2.75, 3.05) is 19.1 Å². The zero-order valence-corrected chi connectivity index (χ0v) is 14.8. The van der Waals surface area contributed by atoms with Crippen molar-refractivity contribution in [3.05, 3.63) is 45.7 Å². The average molecular weight is 373 g/mol. The van der Waals surface area contributed by atoms with Gasteiger partial charge in [0, 0.05) is 5.57 Å². The summed E-state index contributed by atoms with van der Waals surface area (Å²) in [6, 6.07) is 6.15. The van der Waals surface area contributed by atoms with Gasteiger partial charge in [-0.05, 0) is 35.2 Å². The number of thiophene rings is 1. The van der Waals surface area contributed by atoms with E-state index in [2.05, 4.69) is 0 Å². The molecule has 0 atom stereocenters. The molecule has 1 saturated heterocycles. The van der Waals surface area contributed by atoms with Gasteiger partial charge in [0.1, 0.15) is 4.88 Å². The van der Waals surface area contributed by atoms with Crippen molar-refractivity contribution >= 4 is 40.9 Å². The van der Waals surface area contributed by atoms with E-state index < -0.39 is 17.8 Å². The summed E-state index contributed by atoms with van der Waals surface area (Å²) < 4.78 is 9.74. The quantitative estimate of drug-likeness (QED) is 0.503. The van der Waals surface area contributed by atoms with Gasteiger partial charge in [-0.1, -0.05) is 6.07 Å². The average Bonchev–Trinajstić information content (AvgIpc) is 3.20. The molecule has 1 aliphatic rings. The molecule has 0 spiro atoms. The number of methoxy groups -OCH3 is 2. The number of phenols is 1. The lowest BCUT2D eigenvalue weighted by atomic mass is 10.1. The topological polar surface area (TPSA) is 93.1 Å². The lowest BCUT2D eigenvalue weighted by Crippen LogP contribution is -2.29. The highest BCUT2D eigenvalue weighted by atomic mass is 32.1. The molecule has 1 aliphatic heterocycles. The highest BCUT2D eigenvalue weighted by Crippen LogP contribution is 2.34. The van der Waals surface area contributed by atoms with Crippen molar-refractivity contribution in [1.82, 2.24) is 0 Å². The van der Waals surface area contributed by atoms with Crippen LogP contribution in [-0.2, 0) is 14.3 Å². The molecule has 1 N–H and O–H groups in total. The van der Waals surface area contributed by atoms with Crippen molar-refractivity contribution < 1.29 is 29.0 Å². The first-order chi connectivity index (χ1) is 12.5. The number of nitrogens with zero attached hydrogens (tertiary/aromatic N) is 1. The van der Waals surface area contributed by atoms with Crippen molar-refractivity contribution in [3.8, 4) is 11.5 Å². The standard InChI is InChI=1S/C18H15NO6S/c1-24-14-8-10(3-4-13(14)20)7-11-9-15(21)19(17(11)22)12-5-6-26-16(12)18(23)25-2/h3-8,20H,9H2,1-2H3. The molecule has 1 fully saturated rings. The van der Waals surface area contributed by atoms with Crippen LogP contribution in [0.4, 0.5) is 5.69 Å². The molecule has 26 heavy (non-hydrogen) atoms. The molecular formula is C18H15NO6S.